The molecule has 192 valence electrons. The van der Waals surface area contributed by atoms with Crippen molar-refractivity contribution in [2.24, 2.45) is 0 Å². The lowest BCUT2D eigenvalue weighted by atomic mass is 10.3. The van der Waals surface area contributed by atoms with Crippen molar-refractivity contribution in [3.8, 4) is 0 Å². The quantitative estimate of drug-likeness (QED) is 0.193. The topological polar surface area (TPSA) is 34.1 Å². The third-order valence-electron chi connectivity index (χ3n) is 3.33. The molecule has 0 aliphatic carbocycles. The van der Waals surface area contributed by atoms with Gasteiger partial charge in [0, 0.05) is 24.6 Å². The van der Waals surface area contributed by atoms with E-state index < -0.39 is 9.84 Å². The Labute approximate surface area is 248 Å². The molecule has 11 heteroatoms. The summed E-state index contributed by atoms with van der Waals surface area (Å²) in [7, 11) is -3.15. The van der Waals surface area contributed by atoms with Crippen LogP contribution in [0.2, 0.25) is 15.1 Å². The van der Waals surface area contributed by atoms with E-state index in [4.69, 9.17) is 34.8 Å². The molecule has 0 aromatic heterocycles. The molecule has 0 radical (unpaired) electrons. The summed E-state index contributed by atoms with van der Waals surface area (Å²) in [6.07, 6.45) is 3.17. The van der Waals surface area contributed by atoms with Crippen LogP contribution in [-0.2, 0) is 9.84 Å². The maximum absolute atomic E-state index is 12.2. The number of halogens is 7. The van der Waals surface area contributed by atoms with Gasteiger partial charge in [0.15, 0.2) is 9.84 Å². The van der Waals surface area contributed by atoms with E-state index in [9.17, 15) is 12.8 Å². The van der Waals surface area contributed by atoms with Crippen molar-refractivity contribution in [2.75, 3.05) is 12.5 Å². The number of rotatable bonds is 2. The molecule has 0 unspecified atom stereocenters. The normalized spacial score (nSPS) is 9.56. The van der Waals surface area contributed by atoms with Crippen LogP contribution in [0.1, 0.15) is 22.3 Å². The fourth-order valence-corrected chi connectivity index (χ4v) is 4.27. The summed E-state index contributed by atoms with van der Waals surface area (Å²) in [4.78, 5) is 1.42. The molecule has 3 aromatic carbocycles. The highest BCUT2D eigenvalue weighted by Gasteiger charge is 2.08. The first-order valence-electron chi connectivity index (χ1n) is 8.10. The Morgan fingerprint density at radius 2 is 1.15 bits per heavy atom. The van der Waals surface area contributed by atoms with Crippen LogP contribution in [0, 0.1) is 5.82 Å². The van der Waals surface area contributed by atoms with Gasteiger partial charge in [-0.2, -0.15) is 0 Å². The molecule has 3 rings (SSSR count). The molecule has 0 aliphatic heterocycles. The monoisotopic (exact) mass is 760 g/mol. The standard InChI is InChI=1S/C7H6BrClO2S.C7H6BrClS.C6H3BrClF.3CH4/c1-12(10,11)5-2-3-6(8)7(9)4-5;1-10-5-2-3-6(8)7(9)4-5;7-5-2-1-4(9)3-6(5)8;;;/h2-4H,1H3;2-4H,1H3;1-3H;3*1H4. The first-order valence-corrected chi connectivity index (χ1v) is 14.7. The maximum Gasteiger partial charge on any atom is 0.175 e. The van der Waals surface area contributed by atoms with E-state index in [1.165, 1.54) is 29.2 Å². The second kappa shape index (κ2) is 18.4. The molecule has 0 atom stereocenters. The van der Waals surface area contributed by atoms with E-state index in [0.717, 1.165) is 15.8 Å². The van der Waals surface area contributed by atoms with Crippen LogP contribution in [0.5, 0.6) is 0 Å². The van der Waals surface area contributed by atoms with Crippen molar-refractivity contribution in [2.45, 2.75) is 32.1 Å². The summed E-state index contributed by atoms with van der Waals surface area (Å²) in [6.45, 7) is 0. The third-order valence-corrected chi connectivity index (χ3v) is 8.86. The lowest BCUT2D eigenvalue weighted by Crippen LogP contribution is -1.96. The summed E-state index contributed by atoms with van der Waals surface area (Å²) >= 11 is 28.4. The van der Waals surface area contributed by atoms with Gasteiger partial charge in [-0.15, -0.1) is 11.8 Å². The van der Waals surface area contributed by atoms with Gasteiger partial charge >= 0.3 is 0 Å². The molecule has 0 saturated heterocycles. The van der Waals surface area contributed by atoms with Crippen LogP contribution in [0.25, 0.3) is 0 Å². The minimum Gasteiger partial charge on any atom is -0.224 e. The molecular formula is C23H27Br3Cl3FO2S2. The number of benzene rings is 3. The predicted molar refractivity (Wildman–Crippen MR) is 162 cm³/mol. The first-order chi connectivity index (χ1) is 14.3. The zero-order valence-corrected chi connectivity index (χ0v) is 24.6. The van der Waals surface area contributed by atoms with Gasteiger partial charge in [-0.25, -0.2) is 12.8 Å². The van der Waals surface area contributed by atoms with Gasteiger partial charge in [-0.3, -0.25) is 0 Å². The molecule has 0 N–H and O–H groups in total. The van der Waals surface area contributed by atoms with E-state index in [0.29, 0.717) is 19.0 Å². The Morgan fingerprint density at radius 3 is 1.50 bits per heavy atom. The summed E-state index contributed by atoms with van der Waals surface area (Å²) in [5.41, 5.74) is 0. The predicted octanol–water partition coefficient (Wildman–Crippen LogP) is 11.5. The van der Waals surface area contributed by atoms with Crippen LogP contribution in [0.4, 0.5) is 4.39 Å². The van der Waals surface area contributed by atoms with Crippen LogP contribution >= 0.6 is 94.4 Å². The number of hydrogen-bond donors (Lipinski definition) is 0. The van der Waals surface area contributed by atoms with Gasteiger partial charge in [0.25, 0.3) is 0 Å². The minimum absolute atomic E-state index is 0. The summed E-state index contributed by atoms with van der Waals surface area (Å²) in [5.74, 6) is -0.316. The fourth-order valence-electron chi connectivity index (χ4n) is 1.78. The lowest BCUT2D eigenvalue weighted by molar-refractivity contribution is 0.602. The van der Waals surface area contributed by atoms with Crippen LogP contribution < -0.4 is 0 Å². The fraction of sp³-hybridized carbons (Fsp3) is 0.217. The molecule has 34 heavy (non-hydrogen) atoms. The minimum atomic E-state index is -3.15. The molecule has 0 spiro atoms. The van der Waals surface area contributed by atoms with Crippen molar-refractivity contribution >= 4 is 104 Å². The van der Waals surface area contributed by atoms with Crippen molar-refractivity contribution in [3.63, 3.8) is 0 Å². The third kappa shape index (κ3) is 14.1. The number of sulfone groups is 1. The van der Waals surface area contributed by atoms with Crippen molar-refractivity contribution in [1.82, 2.24) is 0 Å². The molecule has 2 nitrogen and oxygen atoms in total. The van der Waals surface area contributed by atoms with Crippen molar-refractivity contribution in [3.05, 3.63) is 88.9 Å². The molecule has 0 heterocycles. The molecule has 3 aromatic rings. The van der Waals surface area contributed by atoms with Gasteiger partial charge in [0.2, 0.25) is 0 Å². The highest BCUT2D eigenvalue weighted by Crippen LogP contribution is 2.27. The van der Waals surface area contributed by atoms with Crippen molar-refractivity contribution in [1.29, 1.82) is 0 Å². The summed E-state index contributed by atoms with van der Waals surface area (Å²) in [6, 6.07) is 14.6. The molecule has 0 aliphatic rings. The zero-order chi connectivity index (χ0) is 23.8. The smallest absolute Gasteiger partial charge is 0.175 e. The van der Waals surface area contributed by atoms with Crippen LogP contribution in [-0.4, -0.2) is 20.9 Å². The highest BCUT2D eigenvalue weighted by molar-refractivity contribution is 9.11. The van der Waals surface area contributed by atoms with E-state index in [1.54, 1.807) is 23.9 Å². The zero-order valence-electron chi connectivity index (χ0n) is 16.0. The van der Waals surface area contributed by atoms with Gasteiger partial charge in [0.05, 0.1) is 20.0 Å². The Morgan fingerprint density at radius 1 is 0.735 bits per heavy atom. The van der Waals surface area contributed by atoms with Crippen molar-refractivity contribution < 1.29 is 12.8 Å². The summed E-state index contributed by atoms with van der Waals surface area (Å²) < 4.78 is 36.6. The van der Waals surface area contributed by atoms with Gasteiger partial charge in [0.1, 0.15) is 5.82 Å². The van der Waals surface area contributed by atoms with E-state index >= 15 is 0 Å². The average Bonchev–Trinajstić information content (AvgIpc) is 2.69. The lowest BCUT2D eigenvalue weighted by Gasteiger charge is -1.99. The largest absolute Gasteiger partial charge is 0.224 e. The van der Waals surface area contributed by atoms with Gasteiger partial charge in [-0.05, 0) is 109 Å². The average molecular weight is 765 g/mol. The van der Waals surface area contributed by atoms with E-state index in [2.05, 4.69) is 47.8 Å². The van der Waals surface area contributed by atoms with Crippen LogP contribution in [0.15, 0.2) is 77.8 Å². The Balaban J connectivity index is -0.000000410. The maximum atomic E-state index is 12.2. The number of thioether (sulfide) groups is 1. The highest BCUT2D eigenvalue weighted by atomic mass is 79.9. The Bertz CT molecular complexity index is 1150. The second-order valence-electron chi connectivity index (χ2n) is 5.69. The molecule has 0 bridgehead atoms. The van der Waals surface area contributed by atoms with Crippen LogP contribution in [0.3, 0.4) is 0 Å². The van der Waals surface area contributed by atoms with Gasteiger partial charge < -0.3 is 0 Å². The Kier molecular flexibility index (Phi) is 21.0. The summed E-state index contributed by atoms with van der Waals surface area (Å²) in [5, 5.41) is 1.57. The first kappa shape index (κ1) is 38.7. The SMILES string of the molecule is C.C.C.CS(=O)(=O)c1ccc(Br)c(Cl)c1.CSc1ccc(Br)c(Cl)c1.Fc1ccc(Br)c(Cl)c1. The molecular weight excluding hydrogens is 737 g/mol. The molecule has 0 fully saturated rings. The molecule has 0 saturated carbocycles. The Hall–Kier alpha value is 0.200. The molecule has 0 amide bonds. The number of hydrogen-bond acceptors (Lipinski definition) is 3. The van der Waals surface area contributed by atoms with Gasteiger partial charge in [-0.1, -0.05) is 57.1 Å². The van der Waals surface area contributed by atoms with E-state index in [-0.39, 0.29) is 33.0 Å². The van der Waals surface area contributed by atoms with E-state index in [1.807, 2.05) is 24.5 Å². The second-order valence-corrected chi connectivity index (χ2v) is 12.4.